The van der Waals surface area contributed by atoms with Crippen LogP contribution in [0, 0.1) is 0 Å². The SMILES string of the molecule is Cn1cc(C(=O)NC2CC2c2ccc(Cl)cc2)c(CF)n1. The van der Waals surface area contributed by atoms with Crippen molar-refractivity contribution in [1.82, 2.24) is 15.1 Å². The normalized spacial score (nSPS) is 20.3. The summed E-state index contributed by atoms with van der Waals surface area (Å²) in [5.74, 6) is 0.0360. The molecule has 1 aromatic carbocycles. The minimum Gasteiger partial charge on any atom is -0.349 e. The van der Waals surface area contributed by atoms with Crippen LogP contribution in [0.1, 0.15) is 34.0 Å². The van der Waals surface area contributed by atoms with E-state index in [0.29, 0.717) is 16.5 Å². The number of aromatic nitrogens is 2. The Morgan fingerprint density at radius 3 is 2.86 bits per heavy atom. The van der Waals surface area contributed by atoms with Crippen LogP contribution in [-0.2, 0) is 13.7 Å². The number of hydrogen-bond donors (Lipinski definition) is 1. The van der Waals surface area contributed by atoms with Crippen molar-refractivity contribution in [3.8, 4) is 0 Å². The van der Waals surface area contributed by atoms with E-state index in [-0.39, 0.29) is 17.6 Å². The van der Waals surface area contributed by atoms with E-state index in [0.717, 1.165) is 12.0 Å². The molecule has 0 bridgehead atoms. The number of amides is 1. The second-order valence-corrected chi connectivity index (χ2v) is 5.71. The fourth-order valence-electron chi connectivity index (χ4n) is 2.50. The molecule has 3 rings (SSSR count). The standard InChI is InChI=1S/C15H15ClFN3O/c1-20-8-12(14(7-17)19-20)15(21)18-13-6-11(13)9-2-4-10(16)5-3-9/h2-5,8,11,13H,6-7H2,1H3,(H,18,21). The number of hydrogen-bond acceptors (Lipinski definition) is 2. The summed E-state index contributed by atoms with van der Waals surface area (Å²) in [6, 6.07) is 7.71. The molecule has 4 nitrogen and oxygen atoms in total. The number of alkyl halides is 1. The zero-order valence-corrected chi connectivity index (χ0v) is 12.3. The molecule has 1 heterocycles. The molecule has 0 radical (unpaired) electrons. The third-order valence-corrected chi connectivity index (χ3v) is 3.93. The number of nitrogens with one attached hydrogen (secondary N) is 1. The lowest BCUT2D eigenvalue weighted by atomic mass is 10.1. The van der Waals surface area contributed by atoms with Crippen molar-refractivity contribution in [2.75, 3.05) is 0 Å². The van der Waals surface area contributed by atoms with E-state index < -0.39 is 6.67 Å². The lowest BCUT2D eigenvalue weighted by Gasteiger charge is -2.04. The largest absolute Gasteiger partial charge is 0.349 e. The van der Waals surface area contributed by atoms with E-state index in [4.69, 9.17) is 11.6 Å². The minimum atomic E-state index is -0.741. The molecule has 0 aliphatic heterocycles. The molecule has 110 valence electrons. The van der Waals surface area contributed by atoms with Gasteiger partial charge in [0.05, 0.1) is 5.56 Å². The van der Waals surface area contributed by atoms with Crippen LogP contribution < -0.4 is 5.32 Å². The van der Waals surface area contributed by atoms with Crippen molar-refractivity contribution in [2.24, 2.45) is 7.05 Å². The highest BCUT2D eigenvalue weighted by molar-refractivity contribution is 6.30. The first-order valence-corrected chi connectivity index (χ1v) is 7.11. The van der Waals surface area contributed by atoms with Gasteiger partial charge in [0.15, 0.2) is 0 Å². The Hall–Kier alpha value is -1.88. The Bertz CT molecular complexity index is 668. The molecule has 6 heteroatoms. The van der Waals surface area contributed by atoms with Gasteiger partial charge in [-0.25, -0.2) is 4.39 Å². The summed E-state index contributed by atoms with van der Waals surface area (Å²) in [6.45, 7) is -0.741. The predicted molar refractivity (Wildman–Crippen MR) is 78.1 cm³/mol. The molecule has 0 saturated heterocycles. The van der Waals surface area contributed by atoms with E-state index in [9.17, 15) is 9.18 Å². The molecular weight excluding hydrogens is 293 g/mol. The Labute approximate surface area is 126 Å². The molecule has 1 aliphatic carbocycles. The topological polar surface area (TPSA) is 46.9 Å². The molecule has 0 spiro atoms. The van der Waals surface area contributed by atoms with E-state index >= 15 is 0 Å². The summed E-state index contributed by atoms with van der Waals surface area (Å²) < 4.78 is 14.3. The zero-order chi connectivity index (χ0) is 15.0. The molecule has 1 saturated carbocycles. The zero-order valence-electron chi connectivity index (χ0n) is 11.5. The maximum absolute atomic E-state index is 12.8. The number of benzene rings is 1. The van der Waals surface area contributed by atoms with Crippen LogP contribution in [0.15, 0.2) is 30.5 Å². The summed E-state index contributed by atoms with van der Waals surface area (Å²) >= 11 is 5.86. The molecule has 2 atom stereocenters. The summed E-state index contributed by atoms with van der Waals surface area (Å²) in [7, 11) is 1.67. The number of carbonyl (C=O) groups is 1. The molecule has 1 aliphatic rings. The molecule has 1 fully saturated rings. The third kappa shape index (κ3) is 2.93. The summed E-state index contributed by atoms with van der Waals surface area (Å²) in [5, 5.41) is 7.56. The molecular formula is C15H15ClFN3O. The third-order valence-electron chi connectivity index (χ3n) is 3.68. The van der Waals surface area contributed by atoms with Gasteiger partial charge in [-0.1, -0.05) is 23.7 Å². The minimum absolute atomic E-state index is 0.0892. The summed E-state index contributed by atoms with van der Waals surface area (Å²) in [6.07, 6.45) is 2.43. The van der Waals surface area contributed by atoms with Gasteiger partial charge < -0.3 is 5.32 Å². The smallest absolute Gasteiger partial charge is 0.255 e. The van der Waals surface area contributed by atoms with Gasteiger partial charge in [-0.3, -0.25) is 9.48 Å². The van der Waals surface area contributed by atoms with E-state index in [1.54, 1.807) is 13.2 Å². The Balaban J connectivity index is 1.65. The number of rotatable bonds is 4. The molecule has 1 amide bonds. The molecule has 21 heavy (non-hydrogen) atoms. The molecule has 2 aromatic rings. The van der Waals surface area contributed by atoms with Crippen LogP contribution >= 0.6 is 11.6 Å². The van der Waals surface area contributed by atoms with Crippen LogP contribution in [-0.4, -0.2) is 21.7 Å². The Morgan fingerprint density at radius 2 is 2.19 bits per heavy atom. The lowest BCUT2D eigenvalue weighted by Crippen LogP contribution is -2.27. The molecule has 1 N–H and O–H groups in total. The van der Waals surface area contributed by atoms with Crippen LogP contribution in [0.2, 0.25) is 5.02 Å². The van der Waals surface area contributed by atoms with Crippen LogP contribution in [0.4, 0.5) is 4.39 Å². The number of aryl methyl sites for hydroxylation is 1. The fraction of sp³-hybridized carbons (Fsp3) is 0.333. The predicted octanol–water partition coefficient (Wildman–Crippen LogP) is 2.83. The summed E-state index contributed by atoms with van der Waals surface area (Å²) in [5.41, 5.74) is 1.64. The highest BCUT2D eigenvalue weighted by atomic mass is 35.5. The van der Waals surface area contributed by atoms with Gasteiger partial charge in [-0.05, 0) is 24.1 Å². The molecule has 2 unspecified atom stereocenters. The van der Waals surface area contributed by atoms with Crippen molar-refractivity contribution in [3.05, 3.63) is 52.3 Å². The van der Waals surface area contributed by atoms with Crippen molar-refractivity contribution >= 4 is 17.5 Å². The van der Waals surface area contributed by atoms with Gasteiger partial charge >= 0.3 is 0 Å². The quantitative estimate of drug-likeness (QED) is 0.944. The average Bonchev–Trinajstić information content (AvgIpc) is 3.11. The summed E-state index contributed by atoms with van der Waals surface area (Å²) in [4.78, 5) is 12.2. The maximum Gasteiger partial charge on any atom is 0.255 e. The van der Waals surface area contributed by atoms with Gasteiger partial charge in [-0.15, -0.1) is 0 Å². The van der Waals surface area contributed by atoms with E-state index in [1.165, 1.54) is 4.68 Å². The van der Waals surface area contributed by atoms with Crippen molar-refractivity contribution in [1.29, 1.82) is 0 Å². The second kappa shape index (κ2) is 5.48. The fourth-order valence-corrected chi connectivity index (χ4v) is 2.63. The van der Waals surface area contributed by atoms with E-state index in [2.05, 4.69) is 10.4 Å². The van der Waals surface area contributed by atoms with Gasteiger partial charge in [-0.2, -0.15) is 5.10 Å². The van der Waals surface area contributed by atoms with Crippen molar-refractivity contribution in [2.45, 2.75) is 25.1 Å². The first-order valence-electron chi connectivity index (χ1n) is 6.73. The van der Waals surface area contributed by atoms with Crippen molar-refractivity contribution < 1.29 is 9.18 Å². The monoisotopic (exact) mass is 307 g/mol. The first-order chi connectivity index (χ1) is 10.1. The average molecular weight is 308 g/mol. The van der Waals surface area contributed by atoms with E-state index in [1.807, 2.05) is 24.3 Å². The van der Waals surface area contributed by atoms with Crippen LogP contribution in [0.3, 0.4) is 0 Å². The van der Waals surface area contributed by atoms with Crippen molar-refractivity contribution in [3.63, 3.8) is 0 Å². The van der Waals surface area contributed by atoms with Gasteiger partial charge in [0, 0.05) is 30.2 Å². The lowest BCUT2D eigenvalue weighted by molar-refractivity contribution is 0.0948. The Kier molecular flexibility index (Phi) is 3.68. The maximum atomic E-state index is 12.8. The highest BCUT2D eigenvalue weighted by Gasteiger charge is 2.39. The number of halogens is 2. The van der Waals surface area contributed by atoms with Gasteiger partial charge in [0.25, 0.3) is 5.91 Å². The number of nitrogens with zero attached hydrogens (tertiary/aromatic N) is 2. The first kappa shape index (κ1) is 14.1. The second-order valence-electron chi connectivity index (χ2n) is 5.27. The van der Waals surface area contributed by atoms with Crippen LogP contribution in [0.5, 0.6) is 0 Å². The number of carbonyl (C=O) groups excluding carboxylic acids is 1. The highest BCUT2D eigenvalue weighted by Crippen LogP contribution is 2.41. The van der Waals surface area contributed by atoms with Crippen LogP contribution in [0.25, 0.3) is 0 Å². The van der Waals surface area contributed by atoms with Gasteiger partial charge in [0.2, 0.25) is 0 Å². The Morgan fingerprint density at radius 1 is 1.48 bits per heavy atom. The van der Waals surface area contributed by atoms with Gasteiger partial charge in [0.1, 0.15) is 12.4 Å². The molecule has 1 aromatic heterocycles.